The molecule has 0 atom stereocenters. The first-order chi connectivity index (χ1) is 10.6. The Morgan fingerprint density at radius 1 is 1.18 bits per heavy atom. The number of rotatable bonds is 6. The highest BCUT2D eigenvalue weighted by molar-refractivity contribution is 5.77. The van der Waals surface area contributed by atoms with Gasteiger partial charge in [-0.1, -0.05) is 24.3 Å². The third-order valence-corrected chi connectivity index (χ3v) is 3.25. The Bertz CT molecular complexity index is 619. The Hall–Kier alpha value is -2.56. The maximum atomic E-state index is 11.9. The third-order valence-electron chi connectivity index (χ3n) is 3.25. The molecule has 1 heterocycles. The fourth-order valence-corrected chi connectivity index (χ4v) is 2.05. The van der Waals surface area contributed by atoms with Crippen LogP contribution in [0, 0.1) is 13.8 Å². The lowest BCUT2D eigenvalue weighted by molar-refractivity contribution is -0.123. The number of hydrogen-bond donors (Lipinski definition) is 1. The number of amides is 1. The zero-order valence-corrected chi connectivity index (χ0v) is 13.1. The van der Waals surface area contributed by atoms with Crippen molar-refractivity contribution in [3.63, 3.8) is 0 Å². The zero-order chi connectivity index (χ0) is 15.9. The van der Waals surface area contributed by atoms with Crippen LogP contribution in [0.3, 0.4) is 0 Å². The van der Waals surface area contributed by atoms with Crippen LogP contribution in [0.1, 0.15) is 16.7 Å². The van der Waals surface area contributed by atoms with Gasteiger partial charge in [0, 0.05) is 18.8 Å². The van der Waals surface area contributed by atoms with Gasteiger partial charge < -0.3 is 14.8 Å². The molecule has 5 nitrogen and oxygen atoms in total. The number of aromatic nitrogens is 1. The standard InChI is InChI=1S/C17H20N2O3/c1-12-5-4-6-13(2)17(12)22-11-15(20)18-9-14-7-8-16(21-3)19-10-14/h4-8,10H,9,11H2,1-3H3,(H,18,20). The SMILES string of the molecule is COc1ccc(CNC(=O)COc2c(C)cccc2C)cn1. The lowest BCUT2D eigenvalue weighted by atomic mass is 10.1. The van der Waals surface area contributed by atoms with Crippen molar-refractivity contribution in [2.75, 3.05) is 13.7 Å². The van der Waals surface area contributed by atoms with E-state index in [0.717, 1.165) is 22.4 Å². The molecule has 1 N–H and O–H groups in total. The van der Waals surface area contributed by atoms with Gasteiger partial charge in [0.15, 0.2) is 6.61 Å². The normalized spacial score (nSPS) is 10.1. The molecule has 0 aliphatic rings. The maximum absolute atomic E-state index is 11.9. The fourth-order valence-electron chi connectivity index (χ4n) is 2.05. The Balaban J connectivity index is 1.83. The van der Waals surface area contributed by atoms with Gasteiger partial charge in [-0.25, -0.2) is 4.98 Å². The summed E-state index contributed by atoms with van der Waals surface area (Å²) in [6.45, 7) is 4.33. The van der Waals surface area contributed by atoms with Gasteiger partial charge in [-0.05, 0) is 30.5 Å². The summed E-state index contributed by atoms with van der Waals surface area (Å²) in [7, 11) is 1.56. The summed E-state index contributed by atoms with van der Waals surface area (Å²) >= 11 is 0. The predicted octanol–water partition coefficient (Wildman–Crippen LogP) is 2.40. The van der Waals surface area contributed by atoms with Crippen molar-refractivity contribution in [1.82, 2.24) is 10.3 Å². The van der Waals surface area contributed by atoms with Crippen molar-refractivity contribution in [1.29, 1.82) is 0 Å². The molecular formula is C17H20N2O3. The molecule has 1 amide bonds. The molecule has 0 radical (unpaired) electrons. The van der Waals surface area contributed by atoms with Crippen LogP contribution >= 0.6 is 0 Å². The quantitative estimate of drug-likeness (QED) is 0.890. The zero-order valence-electron chi connectivity index (χ0n) is 13.1. The van der Waals surface area contributed by atoms with Gasteiger partial charge in [-0.3, -0.25) is 4.79 Å². The molecule has 116 valence electrons. The average molecular weight is 300 g/mol. The molecule has 5 heteroatoms. The van der Waals surface area contributed by atoms with E-state index in [1.807, 2.05) is 38.1 Å². The van der Waals surface area contributed by atoms with Crippen LogP contribution < -0.4 is 14.8 Å². The molecule has 0 aliphatic heterocycles. The molecule has 0 aliphatic carbocycles. The summed E-state index contributed by atoms with van der Waals surface area (Å²) < 4.78 is 10.6. The van der Waals surface area contributed by atoms with E-state index in [1.54, 1.807) is 19.4 Å². The van der Waals surface area contributed by atoms with Crippen molar-refractivity contribution in [2.24, 2.45) is 0 Å². The molecule has 0 unspecified atom stereocenters. The van der Waals surface area contributed by atoms with E-state index in [4.69, 9.17) is 9.47 Å². The van der Waals surface area contributed by atoms with Crippen molar-refractivity contribution in [3.05, 3.63) is 53.2 Å². The first-order valence-corrected chi connectivity index (χ1v) is 7.05. The molecular weight excluding hydrogens is 280 g/mol. The summed E-state index contributed by atoms with van der Waals surface area (Å²) in [6, 6.07) is 9.51. The molecule has 0 fully saturated rings. The van der Waals surface area contributed by atoms with E-state index in [2.05, 4.69) is 10.3 Å². The van der Waals surface area contributed by atoms with Gasteiger partial charge in [0.2, 0.25) is 5.88 Å². The number of carbonyl (C=O) groups is 1. The van der Waals surface area contributed by atoms with Crippen LogP contribution in [0.2, 0.25) is 0 Å². The van der Waals surface area contributed by atoms with Gasteiger partial charge in [0.05, 0.1) is 7.11 Å². The minimum absolute atomic E-state index is 0.00469. The lowest BCUT2D eigenvalue weighted by Gasteiger charge is -2.12. The highest BCUT2D eigenvalue weighted by Crippen LogP contribution is 2.21. The molecule has 0 saturated heterocycles. The smallest absolute Gasteiger partial charge is 0.258 e. The summed E-state index contributed by atoms with van der Waals surface area (Å²) in [5, 5.41) is 2.80. The molecule has 1 aromatic heterocycles. The van der Waals surface area contributed by atoms with E-state index in [-0.39, 0.29) is 12.5 Å². The van der Waals surface area contributed by atoms with Gasteiger partial charge in [-0.2, -0.15) is 0 Å². The van der Waals surface area contributed by atoms with Crippen LogP contribution in [0.25, 0.3) is 0 Å². The second-order valence-electron chi connectivity index (χ2n) is 5.00. The molecule has 0 bridgehead atoms. The van der Waals surface area contributed by atoms with Crippen LogP contribution in [0.5, 0.6) is 11.6 Å². The van der Waals surface area contributed by atoms with Crippen molar-refractivity contribution in [3.8, 4) is 11.6 Å². The van der Waals surface area contributed by atoms with Crippen LogP contribution in [-0.4, -0.2) is 24.6 Å². The van der Waals surface area contributed by atoms with Gasteiger partial charge in [0.1, 0.15) is 5.75 Å². The van der Waals surface area contributed by atoms with E-state index in [9.17, 15) is 4.79 Å². The number of pyridine rings is 1. The Morgan fingerprint density at radius 2 is 1.91 bits per heavy atom. The molecule has 0 spiro atoms. The van der Waals surface area contributed by atoms with E-state index < -0.39 is 0 Å². The van der Waals surface area contributed by atoms with Crippen LogP contribution in [0.4, 0.5) is 0 Å². The number of ether oxygens (including phenoxy) is 2. The summed E-state index contributed by atoms with van der Waals surface area (Å²) in [5.74, 6) is 1.15. The minimum atomic E-state index is -0.168. The van der Waals surface area contributed by atoms with Crippen molar-refractivity contribution < 1.29 is 14.3 Å². The number of carbonyl (C=O) groups excluding carboxylic acids is 1. The maximum Gasteiger partial charge on any atom is 0.258 e. The highest BCUT2D eigenvalue weighted by atomic mass is 16.5. The second kappa shape index (κ2) is 7.45. The first kappa shape index (κ1) is 15.8. The summed E-state index contributed by atoms with van der Waals surface area (Å²) in [4.78, 5) is 15.9. The van der Waals surface area contributed by atoms with Gasteiger partial charge in [-0.15, -0.1) is 0 Å². The Labute approximate surface area is 130 Å². The van der Waals surface area contributed by atoms with Crippen LogP contribution in [0.15, 0.2) is 36.5 Å². The number of hydrogen-bond acceptors (Lipinski definition) is 4. The van der Waals surface area contributed by atoms with Gasteiger partial charge in [0.25, 0.3) is 5.91 Å². The largest absolute Gasteiger partial charge is 0.483 e. The Morgan fingerprint density at radius 3 is 2.50 bits per heavy atom. The summed E-state index contributed by atoms with van der Waals surface area (Å²) in [6.07, 6.45) is 1.67. The van der Waals surface area contributed by atoms with Gasteiger partial charge >= 0.3 is 0 Å². The van der Waals surface area contributed by atoms with E-state index >= 15 is 0 Å². The van der Waals surface area contributed by atoms with Crippen LogP contribution in [-0.2, 0) is 11.3 Å². The number of benzene rings is 1. The number of nitrogens with zero attached hydrogens (tertiary/aromatic N) is 1. The number of methoxy groups -OCH3 is 1. The topological polar surface area (TPSA) is 60.5 Å². The molecule has 2 rings (SSSR count). The number of nitrogens with one attached hydrogen (secondary N) is 1. The van der Waals surface area contributed by atoms with E-state index in [1.165, 1.54) is 0 Å². The van der Waals surface area contributed by atoms with Crippen molar-refractivity contribution >= 4 is 5.91 Å². The minimum Gasteiger partial charge on any atom is -0.483 e. The molecule has 1 aromatic carbocycles. The molecule has 22 heavy (non-hydrogen) atoms. The van der Waals surface area contributed by atoms with E-state index in [0.29, 0.717) is 12.4 Å². The second-order valence-corrected chi connectivity index (χ2v) is 5.00. The Kier molecular flexibility index (Phi) is 5.36. The molecule has 2 aromatic rings. The predicted molar refractivity (Wildman–Crippen MR) is 84.0 cm³/mol. The third kappa shape index (κ3) is 4.22. The lowest BCUT2D eigenvalue weighted by Crippen LogP contribution is -2.28. The van der Waals surface area contributed by atoms with Crippen molar-refractivity contribution in [2.45, 2.75) is 20.4 Å². The first-order valence-electron chi connectivity index (χ1n) is 7.05. The fraction of sp³-hybridized carbons (Fsp3) is 0.294. The number of aryl methyl sites for hydroxylation is 2. The highest BCUT2D eigenvalue weighted by Gasteiger charge is 2.07. The molecule has 0 saturated carbocycles. The average Bonchev–Trinajstić information content (AvgIpc) is 2.53. The monoisotopic (exact) mass is 300 g/mol. The summed E-state index contributed by atoms with van der Waals surface area (Å²) in [5.41, 5.74) is 2.94. The number of para-hydroxylation sites is 1.